The highest BCUT2D eigenvalue weighted by molar-refractivity contribution is 6.31. The number of piperazine rings is 1. The molecular formula is C19H17ClF3N3O4. The van der Waals surface area contributed by atoms with Crippen LogP contribution in [0.15, 0.2) is 36.4 Å². The second kappa shape index (κ2) is 8.39. The molecule has 30 heavy (non-hydrogen) atoms. The van der Waals surface area contributed by atoms with Crippen molar-refractivity contribution in [3.8, 4) is 5.75 Å². The molecule has 160 valence electrons. The van der Waals surface area contributed by atoms with Gasteiger partial charge in [-0.15, -0.1) is 0 Å². The number of rotatable bonds is 4. The number of nitrogens with zero attached hydrogens (tertiary/aromatic N) is 3. The number of methoxy groups -OCH3 is 1. The normalized spacial score (nSPS) is 14.6. The van der Waals surface area contributed by atoms with Crippen molar-refractivity contribution in [3.63, 3.8) is 0 Å². The third-order valence-corrected chi connectivity index (χ3v) is 5.03. The van der Waals surface area contributed by atoms with Crippen LogP contribution in [0, 0.1) is 10.1 Å². The van der Waals surface area contributed by atoms with E-state index in [9.17, 15) is 28.1 Å². The molecule has 0 spiro atoms. The molecule has 0 saturated carbocycles. The summed E-state index contributed by atoms with van der Waals surface area (Å²) in [6.45, 7) is 0.904. The number of nitro groups is 1. The lowest BCUT2D eigenvalue weighted by Gasteiger charge is -2.36. The number of alkyl halides is 3. The third kappa shape index (κ3) is 4.43. The molecule has 1 aliphatic rings. The molecule has 1 heterocycles. The highest BCUT2D eigenvalue weighted by atomic mass is 35.5. The Balaban J connectivity index is 1.78. The molecule has 0 bridgehead atoms. The maximum absolute atomic E-state index is 12.9. The van der Waals surface area contributed by atoms with E-state index in [0.717, 1.165) is 12.1 Å². The Hall–Kier alpha value is -3.01. The van der Waals surface area contributed by atoms with Crippen LogP contribution in [0.3, 0.4) is 0 Å². The highest BCUT2D eigenvalue weighted by Crippen LogP contribution is 2.37. The molecule has 2 aromatic carbocycles. The Bertz CT molecular complexity index is 976. The third-order valence-electron chi connectivity index (χ3n) is 4.80. The molecule has 1 saturated heterocycles. The standard InChI is InChI=1S/C19H17ClF3N3O4/c1-30-17-5-3-13(20)11-14(17)18(27)25-8-6-24(7-9-25)15-4-2-12(19(21,22)23)10-16(15)26(28)29/h2-5,10-11H,6-9H2,1H3. The first kappa shape index (κ1) is 21.7. The number of nitro benzene ring substituents is 1. The number of hydrogen-bond donors (Lipinski definition) is 0. The minimum Gasteiger partial charge on any atom is -0.496 e. The van der Waals surface area contributed by atoms with Gasteiger partial charge in [0, 0.05) is 37.3 Å². The van der Waals surface area contributed by atoms with Gasteiger partial charge in [-0.2, -0.15) is 13.2 Å². The largest absolute Gasteiger partial charge is 0.496 e. The second-order valence-corrected chi connectivity index (χ2v) is 7.02. The van der Waals surface area contributed by atoms with E-state index in [1.807, 2.05) is 0 Å². The average molecular weight is 444 g/mol. The smallest absolute Gasteiger partial charge is 0.416 e. The summed E-state index contributed by atoms with van der Waals surface area (Å²) in [7, 11) is 1.43. The number of hydrogen-bond acceptors (Lipinski definition) is 5. The molecule has 7 nitrogen and oxygen atoms in total. The van der Waals surface area contributed by atoms with E-state index in [2.05, 4.69) is 0 Å². The van der Waals surface area contributed by atoms with Crippen molar-refractivity contribution in [2.45, 2.75) is 6.18 Å². The van der Waals surface area contributed by atoms with Gasteiger partial charge in [-0.3, -0.25) is 14.9 Å². The van der Waals surface area contributed by atoms with Gasteiger partial charge < -0.3 is 14.5 Å². The summed E-state index contributed by atoms with van der Waals surface area (Å²) in [5.74, 6) is 0.0566. The van der Waals surface area contributed by atoms with E-state index in [4.69, 9.17) is 16.3 Å². The zero-order chi connectivity index (χ0) is 22.1. The molecule has 0 radical (unpaired) electrons. The Morgan fingerprint density at radius 3 is 2.37 bits per heavy atom. The van der Waals surface area contributed by atoms with E-state index < -0.39 is 22.4 Å². The summed E-state index contributed by atoms with van der Waals surface area (Å²) in [4.78, 5) is 26.5. The number of halogens is 4. The van der Waals surface area contributed by atoms with Crippen LogP contribution in [0.25, 0.3) is 0 Å². The van der Waals surface area contributed by atoms with Crippen molar-refractivity contribution in [1.29, 1.82) is 0 Å². The monoisotopic (exact) mass is 443 g/mol. The molecule has 2 aromatic rings. The molecule has 0 N–H and O–H groups in total. The SMILES string of the molecule is COc1ccc(Cl)cc1C(=O)N1CCN(c2ccc(C(F)(F)F)cc2[N+](=O)[O-])CC1. The number of amides is 1. The fourth-order valence-corrected chi connectivity index (χ4v) is 3.45. The highest BCUT2D eigenvalue weighted by Gasteiger charge is 2.34. The Kier molecular flexibility index (Phi) is 6.06. The molecule has 0 aliphatic carbocycles. The lowest BCUT2D eigenvalue weighted by molar-refractivity contribution is -0.384. The summed E-state index contributed by atoms with van der Waals surface area (Å²) in [5, 5.41) is 11.7. The topological polar surface area (TPSA) is 75.9 Å². The van der Waals surface area contributed by atoms with Crippen LogP contribution < -0.4 is 9.64 Å². The van der Waals surface area contributed by atoms with Gasteiger partial charge in [0.05, 0.1) is 23.2 Å². The van der Waals surface area contributed by atoms with Crippen LogP contribution in [0.1, 0.15) is 15.9 Å². The first-order chi connectivity index (χ1) is 14.1. The molecule has 0 atom stereocenters. The fraction of sp³-hybridized carbons (Fsp3) is 0.316. The van der Waals surface area contributed by atoms with Crippen molar-refractivity contribution in [2.75, 3.05) is 38.2 Å². The van der Waals surface area contributed by atoms with Crippen molar-refractivity contribution in [2.24, 2.45) is 0 Å². The summed E-state index contributed by atoms with van der Waals surface area (Å²) in [6, 6.07) is 7.12. The summed E-state index contributed by atoms with van der Waals surface area (Å²) in [5.41, 5.74) is -1.33. The zero-order valence-electron chi connectivity index (χ0n) is 15.8. The first-order valence-electron chi connectivity index (χ1n) is 8.85. The fourth-order valence-electron chi connectivity index (χ4n) is 3.28. The van der Waals surface area contributed by atoms with Gasteiger partial charge in [0.15, 0.2) is 0 Å². The zero-order valence-corrected chi connectivity index (χ0v) is 16.5. The average Bonchev–Trinajstić information content (AvgIpc) is 2.72. The van der Waals surface area contributed by atoms with E-state index in [1.165, 1.54) is 13.2 Å². The van der Waals surface area contributed by atoms with Crippen LogP contribution in [0.2, 0.25) is 5.02 Å². The molecular weight excluding hydrogens is 427 g/mol. The van der Waals surface area contributed by atoms with Crippen molar-refractivity contribution < 1.29 is 27.6 Å². The number of anilines is 1. The molecule has 3 rings (SSSR count). The minimum absolute atomic E-state index is 0.0837. The van der Waals surface area contributed by atoms with Gasteiger partial charge in [-0.1, -0.05) is 11.6 Å². The molecule has 1 amide bonds. The summed E-state index contributed by atoms with van der Waals surface area (Å²) in [6.07, 6.45) is -4.68. The molecule has 0 aromatic heterocycles. The van der Waals surface area contributed by atoms with Crippen LogP contribution in [0.5, 0.6) is 5.75 Å². The Morgan fingerprint density at radius 2 is 1.80 bits per heavy atom. The molecule has 0 unspecified atom stereocenters. The molecule has 1 fully saturated rings. The van der Waals surface area contributed by atoms with E-state index >= 15 is 0 Å². The van der Waals surface area contributed by atoms with E-state index in [1.54, 1.807) is 21.9 Å². The summed E-state index contributed by atoms with van der Waals surface area (Å²) < 4.78 is 43.9. The predicted octanol–water partition coefficient (Wildman–Crippen LogP) is 4.24. The van der Waals surface area contributed by atoms with Crippen LogP contribution in [-0.2, 0) is 6.18 Å². The van der Waals surface area contributed by atoms with Crippen LogP contribution >= 0.6 is 11.6 Å². The van der Waals surface area contributed by atoms with Crippen LogP contribution in [-0.4, -0.2) is 49.0 Å². The first-order valence-corrected chi connectivity index (χ1v) is 9.23. The van der Waals surface area contributed by atoms with Gasteiger partial charge in [0.2, 0.25) is 0 Å². The van der Waals surface area contributed by atoms with Crippen LogP contribution in [0.4, 0.5) is 24.5 Å². The quantitative estimate of drug-likeness (QED) is 0.522. The minimum atomic E-state index is -4.68. The van der Waals surface area contributed by atoms with Gasteiger partial charge in [0.25, 0.3) is 11.6 Å². The van der Waals surface area contributed by atoms with Gasteiger partial charge in [-0.25, -0.2) is 0 Å². The number of ether oxygens (including phenoxy) is 1. The lowest BCUT2D eigenvalue weighted by atomic mass is 10.1. The van der Waals surface area contributed by atoms with Gasteiger partial charge in [0.1, 0.15) is 11.4 Å². The Labute approximate surface area is 174 Å². The predicted molar refractivity (Wildman–Crippen MR) is 104 cm³/mol. The molecule has 11 heteroatoms. The van der Waals surface area contributed by atoms with Gasteiger partial charge >= 0.3 is 6.18 Å². The van der Waals surface area contributed by atoms with Crippen molar-refractivity contribution >= 4 is 28.9 Å². The summed E-state index contributed by atoms with van der Waals surface area (Å²) >= 11 is 5.97. The van der Waals surface area contributed by atoms with E-state index in [0.29, 0.717) is 22.4 Å². The van der Waals surface area contributed by atoms with Gasteiger partial charge in [-0.05, 0) is 30.3 Å². The molecule has 1 aliphatic heterocycles. The van der Waals surface area contributed by atoms with Crippen molar-refractivity contribution in [1.82, 2.24) is 4.90 Å². The van der Waals surface area contributed by atoms with Crippen molar-refractivity contribution in [3.05, 3.63) is 62.7 Å². The van der Waals surface area contributed by atoms with E-state index in [-0.39, 0.29) is 37.8 Å². The second-order valence-electron chi connectivity index (χ2n) is 6.58. The lowest BCUT2D eigenvalue weighted by Crippen LogP contribution is -2.49. The Morgan fingerprint density at radius 1 is 1.13 bits per heavy atom. The number of carbonyl (C=O) groups is 1. The maximum atomic E-state index is 12.9. The number of carbonyl (C=O) groups excluding carboxylic acids is 1. The number of benzene rings is 2. The maximum Gasteiger partial charge on any atom is 0.416 e.